The third-order valence-corrected chi connectivity index (χ3v) is 22.0. The number of morpholine rings is 1. The van der Waals surface area contributed by atoms with Crippen LogP contribution in [0.2, 0.25) is 36.3 Å². The third kappa shape index (κ3) is 6.20. The van der Waals surface area contributed by atoms with E-state index in [0.717, 1.165) is 38.5 Å². The highest BCUT2D eigenvalue weighted by Gasteiger charge is 2.69. The molecular weight excluding hydrogens is 595 g/mol. The molecule has 1 aromatic carbocycles. The molecule has 2 aliphatic carbocycles. The summed E-state index contributed by atoms with van der Waals surface area (Å²) < 4.78 is 19.6. The van der Waals surface area contributed by atoms with Gasteiger partial charge in [-0.25, -0.2) is 0 Å². The number of esters is 1. The SMILES string of the molecule is C[C@@H]1CC(=O)[C@@]2(CCCO[Si](C)(C)C(C)(C)C)[C@H](CCCO[Si](C)(C)C(C)(C)C)[C@H]3C(=O)O[C@@H]4Cc5ccccc5[C@@H]4N3[C@H]2C1. The summed E-state index contributed by atoms with van der Waals surface area (Å²) in [7, 11) is -3.82. The number of carbonyl (C=O) groups excluding carboxylic acids is 2. The number of carbonyl (C=O) groups is 2. The molecule has 0 bridgehead atoms. The van der Waals surface area contributed by atoms with Gasteiger partial charge in [-0.2, -0.15) is 0 Å². The highest BCUT2D eigenvalue weighted by atomic mass is 28.4. The van der Waals surface area contributed by atoms with Crippen LogP contribution in [0.3, 0.4) is 0 Å². The lowest BCUT2D eigenvalue weighted by Gasteiger charge is -2.47. The molecule has 2 aliphatic heterocycles. The normalized spacial score (nSPS) is 32.2. The zero-order valence-corrected chi connectivity index (χ0v) is 32.1. The lowest BCUT2D eigenvalue weighted by Crippen LogP contribution is -2.56. The van der Waals surface area contributed by atoms with E-state index in [0.29, 0.717) is 31.3 Å². The fourth-order valence-electron chi connectivity index (χ4n) is 8.42. The molecule has 252 valence electrons. The Balaban J connectivity index is 1.49. The van der Waals surface area contributed by atoms with Crippen LogP contribution in [0, 0.1) is 17.3 Å². The molecule has 0 aromatic heterocycles. The van der Waals surface area contributed by atoms with Gasteiger partial charge in [0.05, 0.1) is 6.04 Å². The number of hydrogen-bond donors (Lipinski definition) is 0. The molecule has 0 radical (unpaired) electrons. The molecular formula is C37H61NO5Si2. The van der Waals surface area contributed by atoms with E-state index in [1.54, 1.807) is 0 Å². The van der Waals surface area contributed by atoms with Crippen LogP contribution in [-0.2, 0) is 29.6 Å². The van der Waals surface area contributed by atoms with Crippen molar-refractivity contribution in [3.8, 4) is 0 Å². The first kappa shape index (κ1) is 35.0. The van der Waals surface area contributed by atoms with Gasteiger partial charge in [0.25, 0.3) is 0 Å². The Morgan fingerprint density at radius 3 is 2.11 bits per heavy atom. The Morgan fingerprint density at radius 1 is 0.889 bits per heavy atom. The summed E-state index contributed by atoms with van der Waals surface area (Å²) in [5.74, 6) is 0.457. The van der Waals surface area contributed by atoms with Crippen LogP contribution >= 0.6 is 0 Å². The molecule has 1 saturated carbocycles. The third-order valence-electron chi connectivity index (χ3n) is 12.9. The molecule has 45 heavy (non-hydrogen) atoms. The molecule has 6 nitrogen and oxygen atoms in total. The lowest BCUT2D eigenvalue weighted by molar-refractivity contribution is -0.174. The van der Waals surface area contributed by atoms with Crippen LogP contribution in [0.4, 0.5) is 0 Å². The minimum atomic E-state index is -1.91. The van der Waals surface area contributed by atoms with E-state index >= 15 is 0 Å². The summed E-state index contributed by atoms with van der Waals surface area (Å²) in [5.41, 5.74) is 1.98. The molecule has 0 N–H and O–H groups in total. The van der Waals surface area contributed by atoms with Gasteiger partial charge in [-0.1, -0.05) is 72.7 Å². The quantitative estimate of drug-likeness (QED) is 0.143. The van der Waals surface area contributed by atoms with Crippen LogP contribution in [0.1, 0.15) is 104 Å². The minimum absolute atomic E-state index is 0.0170. The largest absolute Gasteiger partial charge is 0.459 e. The highest BCUT2D eigenvalue weighted by molar-refractivity contribution is 6.74. The minimum Gasteiger partial charge on any atom is -0.459 e. The second kappa shape index (κ2) is 12.3. The predicted molar refractivity (Wildman–Crippen MR) is 186 cm³/mol. The van der Waals surface area contributed by atoms with Gasteiger partial charge in [-0.15, -0.1) is 0 Å². The lowest BCUT2D eigenvalue weighted by atomic mass is 9.58. The van der Waals surface area contributed by atoms with E-state index in [-0.39, 0.29) is 40.2 Å². The Bertz CT molecular complexity index is 1270. The van der Waals surface area contributed by atoms with Crippen molar-refractivity contribution in [2.45, 2.75) is 154 Å². The van der Waals surface area contributed by atoms with Gasteiger partial charge in [0.15, 0.2) is 16.6 Å². The van der Waals surface area contributed by atoms with E-state index in [1.165, 1.54) is 11.1 Å². The van der Waals surface area contributed by atoms with Crippen molar-refractivity contribution in [3.63, 3.8) is 0 Å². The fourth-order valence-corrected chi connectivity index (χ4v) is 10.6. The number of hydrogen-bond acceptors (Lipinski definition) is 6. The van der Waals surface area contributed by atoms with Gasteiger partial charge >= 0.3 is 5.97 Å². The average Bonchev–Trinajstić information content (AvgIpc) is 3.41. The van der Waals surface area contributed by atoms with Gasteiger partial charge in [0.1, 0.15) is 17.9 Å². The molecule has 5 rings (SSSR count). The molecule has 3 fully saturated rings. The number of benzene rings is 1. The second-order valence-corrected chi connectivity index (χ2v) is 27.4. The van der Waals surface area contributed by atoms with Crippen molar-refractivity contribution in [3.05, 3.63) is 35.4 Å². The zero-order valence-electron chi connectivity index (χ0n) is 30.1. The first-order valence-corrected chi connectivity index (χ1v) is 23.5. The molecule has 8 heteroatoms. The van der Waals surface area contributed by atoms with Gasteiger partial charge in [-0.05, 0) is 91.3 Å². The van der Waals surface area contributed by atoms with E-state index in [1.807, 2.05) is 0 Å². The van der Waals surface area contributed by atoms with Crippen LogP contribution in [0.15, 0.2) is 24.3 Å². The molecule has 0 spiro atoms. The van der Waals surface area contributed by atoms with Crippen LogP contribution < -0.4 is 0 Å². The molecule has 1 aromatic rings. The summed E-state index contributed by atoms with van der Waals surface area (Å²) in [6.45, 7) is 26.4. The number of ketones is 1. The average molecular weight is 656 g/mol. The number of Topliss-reactive ketones (excluding diaryl/α,β-unsaturated/α-hetero) is 1. The number of nitrogens with zero attached hydrogens (tertiary/aromatic N) is 1. The van der Waals surface area contributed by atoms with Crippen molar-refractivity contribution >= 4 is 28.4 Å². The van der Waals surface area contributed by atoms with E-state index in [9.17, 15) is 9.59 Å². The topological polar surface area (TPSA) is 65.1 Å². The van der Waals surface area contributed by atoms with Crippen molar-refractivity contribution in [2.75, 3.05) is 13.2 Å². The van der Waals surface area contributed by atoms with E-state index < -0.39 is 28.1 Å². The van der Waals surface area contributed by atoms with Gasteiger partial charge < -0.3 is 13.6 Å². The molecule has 2 saturated heterocycles. The summed E-state index contributed by atoms with van der Waals surface area (Å²) in [6.07, 6.45) is 5.35. The molecule has 7 atom stereocenters. The fraction of sp³-hybridized carbons (Fsp3) is 0.784. The Hall–Kier alpha value is -1.33. The maximum Gasteiger partial charge on any atom is 0.324 e. The molecule has 0 amide bonds. The molecule has 0 unspecified atom stereocenters. The summed E-state index contributed by atoms with van der Waals surface area (Å²) in [4.78, 5) is 31.3. The standard InChI is InChI=1S/C37H61NO5Si2/c1-25-22-30-37(31(39)23-25,19-15-21-42-45(10,11)36(5,6)7)28(18-14-20-41-44(8,9)35(2,3)4)33-34(40)43-29-24-26-16-12-13-17-27(26)32(29)38(30)33/h12-13,16-17,25,28-30,32-33H,14-15,18-24H2,1-11H3/t25-,28+,29+,30-,32-,33-,37-/m0/s1. The summed E-state index contributed by atoms with van der Waals surface area (Å²) >= 11 is 0. The maximum atomic E-state index is 14.6. The van der Waals surface area contributed by atoms with Crippen LogP contribution in [-0.4, -0.2) is 64.7 Å². The van der Waals surface area contributed by atoms with Gasteiger partial charge in [-0.3, -0.25) is 14.5 Å². The second-order valence-electron chi connectivity index (χ2n) is 17.8. The van der Waals surface area contributed by atoms with E-state index in [2.05, 4.69) is 104 Å². The number of rotatable bonds is 10. The first-order valence-electron chi connectivity index (χ1n) is 17.7. The van der Waals surface area contributed by atoms with Crippen molar-refractivity contribution in [2.24, 2.45) is 17.3 Å². The molecule has 4 aliphatic rings. The van der Waals surface area contributed by atoms with Crippen LogP contribution in [0.5, 0.6) is 0 Å². The van der Waals surface area contributed by atoms with Gasteiger partial charge in [0.2, 0.25) is 0 Å². The monoisotopic (exact) mass is 655 g/mol. The summed E-state index contributed by atoms with van der Waals surface area (Å²) in [5, 5.41) is 0.278. The Morgan fingerprint density at radius 2 is 1.49 bits per heavy atom. The highest BCUT2D eigenvalue weighted by Crippen LogP contribution is 2.61. The number of fused-ring (bicyclic) bond motifs is 7. The van der Waals surface area contributed by atoms with Crippen molar-refractivity contribution in [1.82, 2.24) is 4.90 Å². The van der Waals surface area contributed by atoms with E-state index in [4.69, 9.17) is 13.6 Å². The number of ether oxygens (including phenoxy) is 1. The van der Waals surface area contributed by atoms with Gasteiger partial charge in [0, 0.05) is 37.5 Å². The Kier molecular flexibility index (Phi) is 9.55. The van der Waals surface area contributed by atoms with Crippen LogP contribution in [0.25, 0.3) is 0 Å². The first-order chi connectivity index (χ1) is 20.8. The smallest absolute Gasteiger partial charge is 0.324 e. The molecule has 2 heterocycles. The Labute approximate surface area is 275 Å². The maximum absolute atomic E-state index is 14.6. The van der Waals surface area contributed by atoms with Crippen molar-refractivity contribution in [1.29, 1.82) is 0 Å². The predicted octanol–water partition coefficient (Wildman–Crippen LogP) is 8.47. The summed E-state index contributed by atoms with van der Waals surface area (Å²) in [6, 6.07) is 8.25. The zero-order chi connectivity index (χ0) is 33.2. The van der Waals surface area contributed by atoms with Crippen molar-refractivity contribution < 1.29 is 23.2 Å².